The number of rotatable bonds is 3. The Bertz CT molecular complexity index is 891. The van der Waals surface area contributed by atoms with E-state index < -0.39 is 0 Å². The third-order valence-electron chi connectivity index (χ3n) is 6.14. The molecule has 2 aromatic rings. The molecule has 3 aliphatic rings. The number of ether oxygens (including phenoxy) is 2. The standard InChI is InChI=1S/C21H25N3O3/c1-21(11-14-6-7-17-18(10-14)27-13-26-17)8-3-9-24(12-21)20(25)19-15-4-2-5-16(15)22-23-19/h6-7,10H,2-5,8-9,11-13H2,1H3,(H,22,23)/t21-/m0/s1. The highest BCUT2D eigenvalue weighted by molar-refractivity contribution is 5.94. The predicted octanol–water partition coefficient (Wildman–Crippen LogP) is 3.11. The van der Waals surface area contributed by atoms with Crippen molar-refractivity contribution in [1.29, 1.82) is 0 Å². The van der Waals surface area contributed by atoms with Crippen LogP contribution in [-0.4, -0.2) is 40.9 Å². The molecule has 6 nitrogen and oxygen atoms in total. The van der Waals surface area contributed by atoms with Crippen molar-refractivity contribution in [2.75, 3.05) is 19.9 Å². The molecule has 0 saturated carbocycles. The van der Waals surface area contributed by atoms with Gasteiger partial charge < -0.3 is 14.4 Å². The van der Waals surface area contributed by atoms with Gasteiger partial charge in [-0.3, -0.25) is 9.89 Å². The summed E-state index contributed by atoms with van der Waals surface area (Å²) in [6.07, 6.45) is 6.16. The van der Waals surface area contributed by atoms with Crippen LogP contribution in [0.3, 0.4) is 0 Å². The first-order valence-corrected chi connectivity index (χ1v) is 9.85. The van der Waals surface area contributed by atoms with E-state index in [1.54, 1.807) is 0 Å². The number of hydrogen-bond acceptors (Lipinski definition) is 4. The number of nitrogens with zero attached hydrogens (tertiary/aromatic N) is 2. The van der Waals surface area contributed by atoms with E-state index >= 15 is 0 Å². The molecule has 0 spiro atoms. The van der Waals surface area contributed by atoms with Gasteiger partial charge in [-0.2, -0.15) is 5.10 Å². The van der Waals surface area contributed by atoms with E-state index in [4.69, 9.17) is 9.47 Å². The SMILES string of the molecule is C[C@@]1(Cc2ccc3c(c2)OCO3)CCCN(C(=O)c2n[nH]c3c2CCC3)C1. The van der Waals surface area contributed by atoms with Gasteiger partial charge in [0.25, 0.3) is 5.91 Å². The summed E-state index contributed by atoms with van der Waals surface area (Å²) in [5, 5.41) is 7.40. The predicted molar refractivity (Wildman–Crippen MR) is 100 cm³/mol. The number of aromatic amines is 1. The Morgan fingerprint density at radius 3 is 3.07 bits per heavy atom. The molecule has 0 radical (unpaired) electrons. The second-order valence-corrected chi connectivity index (χ2v) is 8.39. The van der Waals surface area contributed by atoms with Gasteiger partial charge in [0.1, 0.15) is 0 Å². The van der Waals surface area contributed by atoms with E-state index in [9.17, 15) is 4.79 Å². The number of fused-ring (bicyclic) bond motifs is 2. The molecule has 1 amide bonds. The molecule has 1 saturated heterocycles. The molecule has 2 aliphatic heterocycles. The van der Waals surface area contributed by atoms with Crippen LogP contribution in [-0.2, 0) is 19.3 Å². The summed E-state index contributed by atoms with van der Waals surface area (Å²) >= 11 is 0. The van der Waals surface area contributed by atoms with Gasteiger partial charge in [0.05, 0.1) is 0 Å². The Morgan fingerprint density at radius 1 is 1.26 bits per heavy atom. The van der Waals surface area contributed by atoms with Gasteiger partial charge in [-0.15, -0.1) is 0 Å². The number of hydrogen-bond donors (Lipinski definition) is 1. The largest absolute Gasteiger partial charge is 0.454 e. The van der Waals surface area contributed by atoms with E-state index in [0.717, 1.165) is 74.4 Å². The molecule has 0 bridgehead atoms. The van der Waals surface area contributed by atoms with Crippen molar-refractivity contribution in [3.05, 3.63) is 40.7 Å². The monoisotopic (exact) mass is 367 g/mol. The minimum absolute atomic E-state index is 0.0566. The molecule has 27 heavy (non-hydrogen) atoms. The van der Waals surface area contributed by atoms with E-state index in [-0.39, 0.29) is 11.3 Å². The molecule has 142 valence electrons. The molecule has 1 N–H and O–H groups in total. The fraction of sp³-hybridized carbons (Fsp3) is 0.524. The molecule has 1 atom stereocenters. The van der Waals surface area contributed by atoms with E-state index in [2.05, 4.69) is 29.3 Å². The lowest BCUT2D eigenvalue weighted by atomic mass is 9.77. The second-order valence-electron chi connectivity index (χ2n) is 8.39. The zero-order valence-electron chi connectivity index (χ0n) is 15.7. The van der Waals surface area contributed by atoms with Gasteiger partial charge in [0.15, 0.2) is 17.2 Å². The van der Waals surface area contributed by atoms with Crippen molar-refractivity contribution in [2.45, 2.75) is 45.4 Å². The van der Waals surface area contributed by atoms with Crippen LogP contribution < -0.4 is 9.47 Å². The summed E-state index contributed by atoms with van der Waals surface area (Å²) in [6.45, 7) is 4.16. The average Bonchev–Trinajstić information content (AvgIpc) is 3.37. The number of carbonyl (C=O) groups excluding carboxylic acids is 1. The fourth-order valence-electron chi connectivity index (χ4n) is 4.82. The smallest absolute Gasteiger partial charge is 0.274 e. The fourth-order valence-corrected chi connectivity index (χ4v) is 4.82. The van der Waals surface area contributed by atoms with Crippen molar-refractivity contribution < 1.29 is 14.3 Å². The maximum Gasteiger partial charge on any atom is 0.274 e. The molecule has 6 heteroatoms. The zero-order valence-corrected chi connectivity index (χ0v) is 15.7. The number of likely N-dealkylation sites (tertiary alicyclic amines) is 1. The summed E-state index contributed by atoms with van der Waals surface area (Å²) in [4.78, 5) is 15.1. The second kappa shape index (κ2) is 6.29. The van der Waals surface area contributed by atoms with Crippen molar-refractivity contribution in [1.82, 2.24) is 15.1 Å². The number of aromatic nitrogens is 2. The van der Waals surface area contributed by atoms with Crippen LogP contribution in [0.5, 0.6) is 11.5 Å². The lowest BCUT2D eigenvalue weighted by molar-refractivity contribution is 0.0544. The number of piperidine rings is 1. The van der Waals surface area contributed by atoms with Gasteiger partial charge >= 0.3 is 0 Å². The number of aryl methyl sites for hydroxylation is 1. The first-order chi connectivity index (χ1) is 13.1. The van der Waals surface area contributed by atoms with Gasteiger partial charge in [0.2, 0.25) is 6.79 Å². The summed E-state index contributed by atoms with van der Waals surface area (Å²) in [5.74, 6) is 1.73. The van der Waals surface area contributed by atoms with Crippen molar-refractivity contribution in [3.8, 4) is 11.5 Å². The molecule has 3 heterocycles. The minimum atomic E-state index is 0.0566. The van der Waals surface area contributed by atoms with Crippen LogP contribution in [0.25, 0.3) is 0 Å². The van der Waals surface area contributed by atoms with Gasteiger partial charge in [-0.25, -0.2) is 0 Å². The Balaban J connectivity index is 1.33. The van der Waals surface area contributed by atoms with Crippen molar-refractivity contribution in [3.63, 3.8) is 0 Å². The Labute approximate surface area is 158 Å². The molecule has 5 rings (SSSR count). The average molecular weight is 367 g/mol. The number of H-pyrrole nitrogens is 1. The number of carbonyl (C=O) groups is 1. The highest BCUT2D eigenvalue weighted by Crippen LogP contribution is 2.38. The van der Waals surface area contributed by atoms with Crippen molar-refractivity contribution in [2.24, 2.45) is 5.41 Å². The van der Waals surface area contributed by atoms with E-state index in [0.29, 0.717) is 12.5 Å². The van der Waals surface area contributed by atoms with Crippen LogP contribution in [0.2, 0.25) is 0 Å². The van der Waals surface area contributed by atoms with E-state index in [1.165, 1.54) is 5.56 Å². The zero-order chi connectivity index (χ0) is 18.4. The molecular weight excluding hydrogens is 342 g/mol. The first kappa shape index (κ1) is 16.7. The topological polar surface area (TPSA) is 67.5 Å². The molecule has 1 fully saturated rings. The van der Waals surface area contributed by atoms with Crippen LogP contribution in [0.15, 0.2) is 18.2 Å². The van der Waals surface area contributed by atoms with Crippen LogP contribution >= 0.6 is 0 Å². The minimum Gasteiger partial charge on any atom is -0.454 e. The van der Waals surface area contributed by atoms with Crippen molar-refractivity contribution >= 4 is 5.91 Å². The normalized spacial score (nSPS) is 23.5. The van der Waals surface area contributed by atoms with Gasteiger partial charge in [0, 0.05) is 24.3 Å². The van der Waals surface area contributed by atoms with Gasteiger partial charge in [-0.05, 0) is 61.6 Å². The molecule has 1 aliphatic carbocycles. The van der Waals surface area contributed by atoms with E-state index in [1.807, 2.05) is 11.0 Å². The Kier molecular flexibility index (Phi) is 3.88. The lowest BCUT2D eigenvalue weighted by Crippen LogP contribution is -2.46. The van der Waals surface area contributed by atoms with Gasteiger partial charge in [-0.1, -0.05) is 13.0 Å². The van der Waals surface area contributed by atoms with Crippen LogP contribution in [0, 0.1) is 5.41 Å². The highest BCUT2D eigenvalue weighted by atomic mass is 16.7. The number of amides is 1. The third kappa shape index (κ3) is 2.97. The quantitative estimate of drug-likeness (QED) is 0.905. The van der Waals surface area contributed by atoms with Crippen LogP contribution in [0.1, 0.15) is 53.5 Å². The Morgan fingerprint density at radius 2 is 2.15 bits per heavy atom. The maximum absolute atomic E-state index is 13.1. The van der Waals surface area contributed by atoms with Crippen LogP contribution in [0.4, 0.5) is 0 Å². The molecule has 1 aromatic heterocycles. The molecule has 0 unspecified atom stereocenters. The number of benzene rings is 1. The third-order valence-corrected chi connectivity index (χ3v) is 6.14. The highest BCUT2D eigenvalue weighted by Gasteiger charge is 2.36. The summed E-state index contributed by atoms with van der Waals surface area (Å²) in [6, 6.07) is 6.18. The molecule has 1 aromatic carbocycles. The summed E-state index contributed by atoms with van der Waals surface area (Å²) < 4.78 is 10.9. The maximum atomic E-state index is 13.1. The first-order valence-electron chi connectivity index (χ1n) is 9.85. The molecular formula is C21H25N3O3. The summed E-state index contributed by atoms with van der Waals surface area (Å²) in [5.41, 5.74) is 4.23. The summed E-state index contributed by atoms with van der Waals surface area (Å²) in [7, 11) is 0. The lowest BCUT2D eigenvalue weighted by Gasteiger charge is -2.40. The Hall–Kier alpha value is -2.50. The number of nitrogens with one attached hydrogen (secondary N) is 1.